The first kappa shape index (κ1) is 11.0. The van der Waals surface area contributed by atoms with Crippen molar-refractivity contribution in [3.63, 3.8) is 0 Å². The van der Waals surface area contributed by atoms with Gasteiger partial charge in [-0.15, -0.1) is 4.89 Å². The van der Waals surface area contributed by atoms with E-state index in [1.54, 1.807) is 6.26 Å². The molecule has 0 aliphatic heterocycles. The Morgan fingerprint density at radius 1 is 2.00 bits per heavy atom. The minimum Gasteiger partial charge on any atom is -1.00 e. The van der Waals surface area contributed by atoms with Crippen LogP contribution in [0.3, 0.4) is 0 Å². The number of rotatable bonds is 2. The van der Waals surface area contributed by atoms with Crippen LogP contribution in [0.15, 0.2) is 0 Å². The van der Waals surface area contributed by atoms with E-state index in [1.165, 1.54) is 0 Å². The maximum atomic E-state index is 9.50. The summed E-state index contributed by atoms with van der Waals surface area (Å²) in [7, 11) is -2.39. The van der Waals surface area contributed by atoms with Gasteiger partial charge in [0.1, 0.15) is 0 Å². The first-order valence-corrected chi connectivity index (χ1v) is 3.42. The minimum atomic E-state index is -2.39. The molecule has 0 spiro atoms. The summed E-state index contributed by atoms with van der Waals surface area (Å²) in [5.41, 5.74) is 0. The van der Waals surface area contributed by atoms with Gasteiger partial charge in [0.25, 0.3) is 0 Å². The Morgan fingerprint density at radius 2 is 2.43 bits per heavy atom. The maximum Gasteiger partial charge on any atom is 2.00 e. The summed E-state index contributed by atoms with van der Waals surface area (Å²) in [5, 5.41) is 0. The summed E-state index contributed by atoms with van der Waals surface area (Å²) < 4.78 is 13.5. The monoisotopic (exact) mass is 153 g/mol. The zero-order chi connectivity index (χ0) is 4.99. The van der Waals surface area contributed by atoms with Gasteiger partial charge in [0.2, 0.25) is 0 Å². The summed E-state index contributed by atoms with van der Waals surface area (Å²) in [4.78, 5) is 7.82. The molecule has 0 aromatic carbocycles. The topological polar surface area (TPSA) is 46.5 Å². The average Bonchev–Trinajstić information content (AvgIpc) is 1.35. The summed E-state index contributed by atoms with van der Waals surface area (Å²) in [6.45, 7) is 0. The first-order valence-electron chi connectivity index (χ1n) is 1.14. The molecule has 0 saturated heterocycles. The Hall–Kier alpha value is 1.14. The van der Waals surface area contributed by atoms with Crippen LogP contribution >= 0.6 is 20.3 Å². The molecule has 40 valence electrons. The van der Waals surface area contributed by atoms with Crippen molar-refractivity contribution in [3.05, 3.63) is 0 Å². The molecule has 0 aromatic heterocycles. The third-order valence-electron chi connectivity index (χ3n) is 0.138. The van der Waals surface area contributed by atoms with Crippen molar-refractivity contribution in [1.82, 2.24) is 0 Å². The van der Waals surface area contributed by atoms with Gasteiger partial charge >= 0.3 is 31.3 Å². The molecule has 6 heteroatoms. The van der Waals surface area contributed by atoms with Crippen LogP contribution in [0.2, 0.25) is 0 Å². The van der Waals surface area contributed by atoms with Crippen LogP contribution in [0.25, 0.3) is 0 Å². The molecule has 0 fully saturated rings. The largest absolute Gasteiger partial charge is 2.00 e. The minimum absolute atomic E-state index is 0. The second-order valence-corrected chi connectivity index (χ2v) is 1.88. The molecule has 0 aromatic rings. The second-order valence-electron chi connectivity index (χ2n) is 0.479. The third kappa shape index (κ3) is 11.0. The molecule has 0 heterocycles. The Bertz CT molecular complexity index is 65.8. The fraction of sp³-hybridized carbons (Fsp3) is 1.00. The Kier molecular flexibility index (Phi) is 11.2. The van der Waals surface area contributed by atoms with Gasteiger partial charge in [0.15, 0.2) is 0 Å². The van der Waals surface area contributed by atoms with Crippen LogP contribution < -0.4 is 0 Å². The summed E-state index contributed by atoms with van der Waals surface area (Å²) >= 11 is 0.876. The van der Waals surface area contributed by atoms with Crippen LogP contribution in [-0.4, -0.2) is 34.2 Å². The van der Waals surface area contributed by atoms with Gasteiger partial charge in [-0.2, -0.15) is 0 Å². The molecule has 1 unspecified atom stereocenters. The molecule has 0 aliphatic rings. The molecule has 0 aliphatic carbocycles. The second kappa shape index (κ2) is 7.14. The molecule has 3 nitrogen and oxygen atoms in total. The van der Waals surface area contributed by atoms with Gasteiger partial charge in [-0.05, 0) is 3.97 Å². The summed E-state index contributed by atoms with van der Waals surface area (Å²) in [6.07, 6.45) is 1.57. The third-order valence-corrected chi connectivity index (χ3v) is 1.24. The molecular formula is CH6MgO3PS+. The predicted octanol–water partition coefficient (Wildman–Crippen LogP) is 0.775. The van der Waals surface area contributed by atoms with Crippen LogP contribution in [0.1, 0.15) is 2.85 Å². The number of hydrogen-bond donors (Lipinski definition) is 1. The number of hydrogen-bond acceptors (Lipinski definition) is 3. The van der Waals surface area contributed by atoms with Crippen molar-refractivity contribution in [2.24, 2.45) is 0 Å². The molecule has 1 N–H and O–H groups in total. The van der Waals surface area contributed by atoms with Crippen molar-refractivity contribution in [2.75, 3.05) is 6.26 Å². The molecule has 0 rings (SSSR count). The van der Waals surface area contributed by atoms with E-state index in [9.17, 15) is 4.57 Å². The first-order chi connectivity index (χ1) is 2.77. The fourth-order valence-electron chi connectivity index (χ4n) is 0.0638. The van der Waals surface area contributed by atoms with Gasteiger partial charge in [-0.1, -0.05) is 0 Å². The van der Waals surface area contributed by atoms with Gasteiger partial charge in [0.05, 0.1) is 12.0 Å². The molecule has 7 heavy (non-hydrogen) atoms. The maximum absolute atomic E-state index is 9.50. The van der Waals surface area contributed by atoms with Gasteiger partial charge < -0.3 is 2.85 Å². The van der Waals surface area contributed by atoms with E-state index in [0.717, 1.165) is 12.0 Å². The summed E-state index contributed by atoms with van der Waals surface area (Å²) in [5.74, 6) is 0. The van der Waals surface area contributed by atoms with Gasteiger partial charge in [-0.3, -0.25) is 0 Å². The van der Waals surface area contributed by atoms with Gasteiger partial charge in [-0.25, -0.2) is 0 Å². The van der Waals surface area contributed by atoms with Crippen LogP contribution in [-0.2, 0) is 8.54 Å². The van der Waals surface area contributed by atoms with Crippen molar-refractivity contribution in [3.8, 4) is 0 Å². The van der Waals surface area contributed by atoms with E-state index in [1.807, 2.05) is 0 Å². The van der Waals surface area contributed by atoms with Crippen LogP contribution in [0, 0.1) is 0 Å². The van der Waals surface area contributed by atoms with Crippen LogP contribution in [0.4, 0.5) is 0 Å². The van der Waals surface area contributed by atoms with E-state index in [-0.39, 0.29) is 25.9 Å². The van der Waals surface area contributed by atoms with Crippen molar-refractivity contribution in [2.45, 2.75) is 0 Å². The fourth-order valence-corrected chi connectivity index (χ4v) is 0.574. The van der Waals surface area contributed by atoms with Crippen LogP contribution in [0.5, 0.6) is 0 Å². The molecule has 0 amide bonds. The molecule has 1 atom stereocenters. The average molecular weight is 153 g/mol. The SMILES string of the molecule is CSO[P+](=O)O.[H-].[H-].[Mg+2]. The summed E-state index contributed by atoms with van der Waals surface area (Å²) in [6, 6.07) is 0. The Morgan fingerprint density at radius 3 is 2.43 bits per heavy atom. The Labute approximate surface area is 66.1 Å². The molecule has 0 radical (unpaired) electrons. The normalized spacial score (nSPS) is 9.71. The molecule has 0 saturated carbocycles. The van der Waals surface area contributed by atoms with Crippen molar-refractivity contribution < 1.29 is 16.3 Å². The van der Waals surface area contributed by atoms with E-state index in [2.05, 4.69) is 3.97 Å². The smallest absolute Gasteiger partial charge is 1.00 e. The van der Waals surface area contributed by atoms with E-state index < -0.39 is 8.25 Å². The quantitative estimate of drug-likeness (QED) is 0.362. The molecule has 0 bridgehead atoms. The van der Waals surface area contributed by atoms with Crippen molar-refractivity contribution >= 4 is 43.4 Å². The van der Waals surface area contributed by atoms with E-state index in [0.29, 0.717) is 0 Å². The Balaban J connectivity index is -0.0000000417. The standard InChI is InChI=1S/CH3O3PS.Mg.2H/c1-6-4-5(2)3;;;/h1H3;;;/q;+2;2*-1/p+1. The van der Waals surface area contributed by atoms with E-state index in [4.69, 9.17) is 4.89 Å². The molecular weight excluding hydrogens is 147 g/mol. The zero-order valence-electron chi connectivity index (χ0n) is 5.83. The van der Waals surface area contributed by atoms with Crippen molar-refractivity contribution in [1.29, 1.82) is 0 Å². The predicted molar refractivity (Wildman–Crippen MR) is 32.4 cm³/mol. The van der Waals surface area contributed by atoms with Gasteiger partial charge in [0, 0.05) is 10.8 Å². The zero-order valence-corrected chi connectivity index (χ0v) is 6.95. The van der Waals surface area contributed by atoms with E-state index >= 15 is 0 Å².